The highest BCUT2D eigenvalue weighted by Crippen LogP contribution is 2.30. The van der Waals surface area contributed by atoms with Crippen molar-refractivity contribution in [2.24, 2.45) is 5.92 Å². The van der Waals surface area contributed by atoms with E-state index in [9.17, 15) is 13.2 Å². The molecule has 6 heteroatoms. The molecular formula is C14H19NO4S. The molecule has 0 atom stereocenters. The van der Waals surface area contributed by atoms with Gasteiger partial charge in [0.1, 0.15) is 0 Å². The molecule has 0 amide bonds. The normalized spacial score (nSPS) is 15.7. The number of carboxylic acids is 1. The highest BCUT2D eigenvalue weighted by Gasteiger charge is 2.23. The van der Waals surface area contributed by atoms with Crippen LogP contribution in [0.1, 0.15) is 36.0 Å². The summed E-state index contributed by atoms with van der Waals surface area (Å²) in [7, 11) is -1.83. The molecule has 5 nitrogen and oxygen atoms in total. The lowest BCUT2D eigenvalue weighted by molar-refractivity contribution is 0.0697. The second kappa shape index (κ2) is 5.83. The Morgan fingerprint density at radius 3 is 2.35 bits per heavy atom. The zero-order valence-electron chi connectivity index (χ0n) is 11.4. The summed E-state index contributed by atoms with van der Waals surface area (Å²) < 4.78 is 25.6. The van der Waals surface area contributed by atoms with E-state index in [1.165, 1.54) is 42.0 Å². The van der Waals surface area contributed by atoms with Gasteiger partial charge in [-0.2, -0.15) is 0 Å². The van der Waals surface area contributed by atoms with E-state index in [1.807, 2.05) is 0 Å². The second-order valence-electron chi connectivity index (χ2n) is 5.22. The van der Waals surface area contributed by atoms with Gasteiger partial charge in [-0.05, 0) is 36.6 Å². The molecule has 1 aromatic carbocycles. The largest absolute Gasteiger partial charge is 0.478 e. The van der Waals surface area contributed by atoms with Crippen LogP contribution in [0.2, 0.25) is 0 Å². The zero-order valence-corrected chi connectivity index (χ0v) is 12.3. The predicted octanol–water partition coefficient (Wildman–Crippen LogP) is 2.34. The first-order valence-corrected chi connectivity index (χ1v) is 8.31. The van der Waals surface area contributed by atoms with Crippen LogP contribution in [0, 0.1) is 5.92 Å². The van der Waals surface area contributed by atoms with Gasteiger partial charge in [0.25, 0.3) is 0 Å². The molecule has 0 spiro atoms. The topological polar surface area (TPSA) is 74.7 Å². The van der Waals surface area contributed by atoms with Gasteiger partial charge in [-0.1, -0.05) is 19.3 Å². The van der Waals surface area contributed by atoms with Gasteiger partial charge in [-0.15, -0.1) is 0 Å². The van der Waals surface area contributed by atoms with Crippen LogP contribution in [0.5, 0.6) is 0 Å². The van der Waals surface area contributed by atoms with Gasteiger partial charge in [-0.25, -0.2) is 13.2 Å². The SMILES string of the molecule is CN(c1ccc(C(=O)O)cc1)S(=O)(=O)CCC1CCC1. The van der Waals surface area contributed by atoms with Gasteiger partial charge in [0.05, 0.1) is 17.0 Å². The van der Waals surface area contributed by atoms with Gasteiger partial charge < -0.3 is 5.11 Å². The van der Waals surface area contributed by atoms with E-state index in [0.29, 0.717) is 18.0 Å². The molecule has 0 aromatic heterocycles. The molecule has 0 bridgehead atoms. The standard InChI is InChI=1S/C14H19NO4S/c1-15(13-7-5-12(6-8-13)14(16)17)20(18,19)10-9-11-3-2-4-11/h5-8,11H,2-4,9-10H2,1H3,(H,16,17). The molecule has 1 aliphatic carbocycles. The lowest BCUT2D eigenvalue weighted by atomic mass is 9.84. The summed E-state index contributed by atoms with van der Waals surface area (Å²) in [6.07, 6.45) is 4.18. The average Bonchev–Trinajstić information content (AvgIpc) is 2.36. The summed E-state index contributed by atoms with van der Waals surface area (Å²) in [6.45, 7) is 0. The van der Waals surface area contributed by atoms with E-state index in [1.54, 1.807) is 0 Å². The third-order valence-electron chi connectivity index (χ3n) is 3.90. The first kappa shape index (κ1) is 14.8. The fourth-order valence-corrected chi connectivity index (χ4v) is 3.56. The Bertz CT molecular complexity index is 576. The maximum atomic E-state index is 12.2. The predicted molar refractivity (Wildman–Crippen MR) is 77.5 cm³/mol. The minimum Gasteiger partial charge on any atom is -0.478 e. The summed E-state index contributed by atoms with van der Waals surface area (Å²) in [6, 6.07) is 5.86. The number of nitrogens with zero attached hydrogens (tertiary/aromatic N) is 1. The monoisotopic (exact) mass is 297 g/mol. The molecule has 1 fully saturated rings. The van der Waals surface area contributed by atoms with Crippen LogP contribution in [0.3, 0.4) is 0 Å². The van der Waals surface area contributed by atoms with Crippen molar-refractivity contribution in [3.05, 3.63) is 29.8 Å². The average molecular weight is 297 g/mol. The van der Waals surface area contributed by atoms with Crippen molar-refractivity contribution in [1.82, 2.24) is 0 Å². The van der Waals surface area contributed by atoms with Crippen molar-refractivity contribution < 1.29 is 18.3 Å². The maximum absolute atomic E-state index is 12.2. The van der Waals surface area contributed by atoms with E-state index >= 15 is 0 Å². The Hall–Kier alpha value is -1.56. The quantitative estimate of drug-likeness (QED) is 0.874. The van der Waals surface area contributed by atoms with Crippen LogP contribution in [-0.4, -0.2) is 32.3 Å². The van der Waals surface area contributed by atoms with E-state index in [0.717, 1.165) is 12.8 Å². The van der Waals surface area contributed by atoms with Gasteiger partial charge in [0, 0.05) is 7.05 Å². The molecule has 0 saturated heterocycles. The molecule has 1 saturated carbocycles. The lowest BCUT2D eigenvalue weighted by Gasteiger charge is -2.26. The second-order valence-corrected chi connectivity index (χ2v) is 7.34. The Kier molecular flexibility index (Phi) is 4.32. The molecule has 0 aliphatic heterocycles. The highest BCUT2D eigenvalue weighted by molar-refractivity contribution is 7.92. The van der Waals surface area contributed by atoms with Crippen molar-refractivity contribution in [2.75, 3.05) is 17.1 Å². The fourth-order valence-electron chi connectivity index (χ4n) is 2.21. The van der Waals surface area contributed by atoms with Crippen molar-refractivity contribution in [2.45, 2.75) is 25.7 Å². The van der Waals surface area contributed by atoms with Crippen molar-refractivity contribution in [3.63, 3.8) is 0 Å². The van der Waals surface area contributed by atoms with Gasteiger partial charge in [-0.3, -0.25) is 4.31 Å². The smallest absolute Gasteiger partial charge is 0.335 e. The number of carbonyl (C=O) groups is 1. The van der Waals surface area contributed by atoms with Crippen molar-refractivity contribution in [3.8, 4) is 0 Å². The third kappa shape index (κ3) is 3.30. The zero-order chi connectivity index (χ0) is 14.8. The fraction of sp³-hybridized carbons (Fsp3) is 0.500. The number of aromatic carboxylic acids is 1. The summed E-state index contributed by atoms with van der Waals surface area (Å²) in [5.41, 5.74) is 0.637. The summed E-state index contributed by atoms with van der Waals surface area (Å²) in [4.78, 5) is 10.8. The third-order valence-corrected chi connectivity index (χ3v) is 5.70. The number of rotatable bonds is 6. The van der Waals surface area contributed by atoms with Crippen LogP contribution in [-0.2, 0) is 10.0 Å². The molecule has 1 aromatic rings. The first-order valence-electron chi connectivity index (χ1n) is 6.70. The molecule has 0 radical (unpaired) electrons. The summed E-state index contributed by atoms with van der Waals surface area (Å²) in [5.74, 6) is -0.325. The maximum Gasteiger partial charge on any atom is 0.335 e. The Morgan fingerprint density at radius 1 is 1.30 bits per heavy atom. The van der Waals surface area contributed by atoms with Gasteiger partial charge in [0.2, 0.25) is 10.0 Å². The number of anilines is 1. The molecule has 0 heterocycles. The number of hydrogen-bond acceptors (Lipinski definition) is 3. The number of carboxylic acid groups (broad SMARTS) is 1. The minimum atomic E-state index is -3.33. The summed E-state index contributed by atoms with van der Waals surface area (Å²) >= 11 is 0. The molecule has 0 unspecified atom stereocenters. The van der Waals surface area contributed by atoms with Crippen molar-refractivity contribution in [1.29, 1.82) is 0 Å². The molecule has 20 heavy (non-hydrogen) atoms. The van der Waals surface area contributed by atoms with Crippen LogP contribution < -0.4 is 4.31 Å². The number of hydrogen-bond donors (Lipinski definition) is 1. The molecule has 2 rings (SSSR count). The molecule has 1 N–H and O–H groups in total. The van der Waals surface area contributed by atoms with Crippen molar-refractivity contribution >= 4 is 21.7 Å². The molecule has 1 aliphatic rings. The molecule has 110 valence electrons. The molecular weight excluding hydrogens is 278 g/mol. The van der Waals surface area contributed by atoms with Crippen LogP contribution in [0.15, 0.2) is 24.3 Å². The van der Waals surface area contributed by atoms with E-state index in [2.05, 4.69) is 0 Å². The number of sulfonamides is 1. The van der Waals surface area contributed by atoms with Crippen LogP contribution in [0.4, 0.5) is 5.69 Å². The summed E-state index contributed by atoms with van der Waals surface area (Å²) in [5, 5.41) is 8.82. The Morgan fingerprint density at radius 2 is 1.90 bits per heavy atom. The Balaban J connectivity index is 2.04. The number of benzene rings is 1. The van der Waals surface area contributed by atoms with Crippen LogP contribution >= 0.6 is 0 Å². The Labute approximate surface area is 119 Å². The van der Waals surface area contributed by atoms with E-state index < -0.39 is 16.0 Å². The lowest BCUT2D eigenvalue weighted by Crippen LogP contribution is -2.30. The highest BCUT2D eigenvalue weighted by atomic mass is 32.2. The van der Waals surface area contributed by atoms with Gasteiger partial charge in [0.15, 0.2) is 0 Å². The van der Waals surface area contributed by atoms with E-state index in [-0.39, 0.29) is 11.3 Å². The van der Waals surface area contributed by atoms with E-state index in [4.69, 9.17) is 5.11 Å². The first-order chi connectivity index (χ1) is 9.40. The minimum absolute atomic E-state index is 0.147. The van der Waals surface area contributed by atoms with Crippen LogP contribution in [0.25, 0.3) is 0 Å². The van der Waals surface area contributed by atoms with Gasteiger partial charge >= 0.3 is 5.97 Å².